The van der Waals surface area contributed by atoms with Gasteiger partial charge in [-0.3, -0.25) is 9.59 Å². The molecule has 5 rings (SSSR count). The lowest BCUT2D eigenvalue weighted by atomic mass is 9.91. The lowest BCUT2D eigenvalue weighted by Gasteiger charge is -2.33. The number of aliphatic hydroxyl groups is 2. The molecule has 1 saturated carbocycles. The van der Waals surface area contributed by atoms with Crippen molar-refractivity contribution in [2.45, 2.75) is 104 Å². The number of aryl methyl sites for hydroxylation is 2. The third-order valence-electron chi connectivity index (χ3n) is 8.63. The fourth-order valence-corrected chi connectivity index (χ4v) is 6.35. The van der Waals surface area contributed by atoms with Crippen LogP contribution in [0, 0.1) is 13.8 Å². The molecule has 0 bridgehead atoms. The molecule has 0 spiro atoms. The summed E-state index contributed by atoms with van der Waals surface area (Å²) in [5.74, 6) is 2.04. The first kappa shape index (κ1) is 36.5. The van der Waals surface area contributed by atoms with Crippen molar-refractivity contribution in [2.24, 2.45) is 5.16 Å². The molecule has 11 heteroatoms. The Labute approximate surface area is 283 Å². The zero-order valence-electron chi connectivity index (χ0n) is 29.1. The van der Waals surface area contributed by atoms with E-state index >= 15 is 0 Å². The molecule has 2 heterocycles. The van der Waals surface area contributed by atoms with E-state index in [1.54, 1.807) is 13.8 Å². The number of carbonyl (C=O) groups is 2. The van der Waals surface area contributed by atoms with Gasteiger partial charge in [0, 0.05) is 23.6 Å². The van der Waals surface area contributed by atoms with Crippen molar-refractivity contribution in [2.75, 3.05) is 13.7 Å². The highest BCUT2D eigenvalue weighted by molar-refractivity contribution is 6.08. The number of amidine groups is 1. The Kier molecular flexibility index (Phi) is 12.7. The average molecular weight is 659 g/mol. The van der Waals surface area contributed by atoms with Gasteiger partial charge < -0.3 is 25.3 Å². The summed E-state index contributed by atoms with van der Waals surface area (Å²) >= 11 is 0. The van der Waals surface area contributed by atoms with Gasteiger partial charge in [0.2, 0.25) is 6.41 Å². The number of rotatable bonds is 10. The first-order valence-corrected chi connectivity index (χ1v) is 16.8. The maximum absolute atomic E-state index is 14.3. The van der Waals surface area contributed by atoms with E-state index < -0.39 is 5.60 Å². The molecule has 1 aromatic heterocycles. The second kappa shape index (κ2) is 16.7. The largest absolute Gasteiger partial charge is 0.397 e. The van der Waals surface area contributed by atoms with Gasteiger partial charge in [0.15, 0.2) is 11.7 Å². The van der Waals surface area contributed by atoms with Crippen LogP contribution >= 0.6 is 0 Å². The smallest absolute Gasteiger partial charge is 0.252 e. The molecule has 2 aliphatic rings. The fourth-order valence-electron chi connectivity index (χ4n) is 6.35. The zero-order chi connectivity index (χ0) is 34.8. The number of allylic oxidation sites excluding steroid dienone is 1. The number of aromatic nitrogens is 3. The van der Waals surface area contributed by atoms with Crippen LogP contribution in [0.1, 0.15) is 94.1 Å². The summed E-state index contributed by atoms with van der Waals surface area (Å²) in [5.41, 5.74) is 5.68. The predicted octanol–water partition coefficient (Wildman–Crippen LogP) is 5.29. The molecule has 1 aliphatic carbocycles. The molecule has 2 aromatic carbocycles. The van der Waals surface area contributed by atoms with Crippen LogP contribution in [-0.2, 0) is 27.4 Å². The van der Waals surface area contributed by atoms with Gasteiger partial charge in [0.25, 0.3) is 5.91 Å². The maximum Gasteiger partial charge on any atom is 0.252 e. The Morgan fingerprint density at radius 1 is 1.12 bits per heavy atom. The van der Waals surface area contributed by atoms with E-state index in [1.807, 2.05) is 35.9 Å². The molecule has 48 heavy (non-hydrogen) atoms. The summed E-state index contributed by atoms with van der Waals surface area (Å²) in [7, 11) is 1.45. The number of aliphatic hydroxyl groups excluding tert-OH is 1. The Morgan fingerprint density at radius 2 is 1.83 bits per heavy atom. The molecule has 0 saturated heterocycles. The van der Waals surface area contributed by atoms with Crippen molar-refractivity contribution in [1.29, 1.82) is 0 Å². The molecule has 3 aromatic rings. The third kappa shape index (κ3) is 8.96. The quantitative estimate of drug-likeness (QED) is 0.116. The van der Waals surface area contributed by atoms with Gasteiger partial charge in [-0.25, -0.2) is 9.67 Å². The third-order valence-corrected chi connectivity index (χ3v) is 8.63. The van der Waals surface area contributed by atoms with Gasteiger partial charge in [0.05, 0.1) is 24.4 Å². The predicted molar refractivity (Wildman–Crippen MR) is 187 cm³/mol. The Balaban J connectivity index is 0.000000794. The molecular formula is C37H50N6O5. The second-order valence-corrected chi connectivity index (χ2v) is 13.1. The number of carbonyl (C=O) groups excluding carboxylic acids is 2. The number of amides is 2. The van der Waals surface area contributed by atoms with E-state index in [9.17, 15) is 9.59 Å². The number of nitrogens with zero attached hydrogens (tertiary/aromatic N) is 5. The summed E-state index contributed by atoms with van der Waals surface area (Å²) in [4.78, 5) is 37.4. The van der Waals surface area contributed by atoms with Crippen LogP contribution in [0.3, 0.4) is 0 Å². The van der Waals surface area contributed by atoms with E-state index in [0.29, 0.717) is 25.2 Å². The molecular weight excluding hydrogens is 608 g/mol. The molecule has 1 fully saturated rings. The number of oxime groups is 1. The minimum atomic E-state index is -0.903. The van der Waals surface area contributed by atoms with Crippen LogP contribution in [-0.4, -0.2) is 73.4 Å². The highest BCUT2D eigenvalue weighted by atomic mass is 16.6. The Hall–Kier alpha value is -4.35. The summed E-state index contributed by atoms with van der Waals surface area (Å²) in [5, 5.41) is 28.2. The van der Waals surface area contributed by atoms with Crippen LogP contribution in [0.15, 0.2) is 53.2 Å². The normalized spacial score (nSPS) is 15.8. The van der Waals surface area contributed by atoms with Gasteiger partial charge in [-0.2, -0.15) is 5.10 Å². The van der Waals surface area contributed by atoms with Crippen molar-refractivity contribution in [3.8, 4) is 11.1 Å². The van der Waals surface area contributed by atoms with Crippen molar-refractivity contribution in [3.63, 3.8) is 0 Å². The van der Waals surface area contributed by atoms with Gasteiger partial charge in [-0.1, -0.05) is 80.2 Å². The summed E-state index contributed by atoms with van der Waals surface area (Å²) in [6.07, 6.45) is 8.39. The van der Waals surface area contributed by atoms with E-state index in [-0.39, 0.29) is 18.6 Å². The van der Waals surface area contributed by atoms with Crippen LogP contribution in [0.2, 0.25) is 0 Å². The highest BCUT2D eigenvalue weighted by Crippen LogP contribution is 2.34. The molecule has 3 N–H and O–H groups in total. The van der Waals surface area contributed by atoms with Gasteiger partial charge in [0.1, 0.15) is 12.9 Å². The molecule has 258 valence electrons. The number of hydrogen-bond donors (Lipinski definition) is 3. The minimum Gasteiger partial charge on any atom is -0.397 e. The minimum absolute atomic E-state index is 0.114. The fraction of sp³-hybridized carbons (Fsp3) is 0.486. The first-order chi connectivity index (χ1) is 23.0. The van der Waals surface area contributed by atoms with Gasteiger partial charge in [-0.05, 0) is 69.2 Å². The lowest BCUT2D eigenvalue weighted by Crippen LogP contribution is -2.41. The molecule has 0 radical (unpaired) electrons. The molecule has 0 atom stereocenters. The summed E-state index contributed by atoms with van der Waals surface area (Å²) in [6, 6.07) is 14.3. The monoisotopic (exact) mass is 658 g/mol. The molecule has 2 amide bonds. The number of nitrogens with one attached hydrogen (secondary N) is 1. The zero-order valence-corrected chi connectivity index (χ0v) is 29.1. The van der Waals surface area contributed by atoms with Crippen LogP contribution in [0.5, 0.6) is 0 Å². The molecule has 11 nitrogen and oxygen atoms in total. The maximum atomic E-state index is 14.3. The van der Waals surface area contributed by atoms with Crippen LogP contribution in [0.4, 0.5) is 0 Å². The number of fused-ring (bicyclic) bond motifs is 1. The van der Waals surface area contributed by atoms with Crippen molar-refractivity contribution in [3.05, 3.63) is 76.4 Å². The SMILES string of the molecule is CC(C)(O)CO.CCCC1=C(Cc2ccc(-c3ccccc3/C(=N/OC)NC=O)c(C)c2)C(=O)N(C2CCCCC2)Cc2nc(C)nn21. The average Bonchev–Trinajstić information content (AvgIpc) is 3.40. The van der Waals surface area contributed by atoms with E-state index in [4.69, 9.17) is 25.1 Å². The van der Waals surface area contributed by atoms with Gasteiger partial charge in [-0.15, -0.1) is 0 Å². The lowest BCUT2D eigenvalue weighted by molar-refractivity contribution is -0.130. The Morgan fingerprint density at radius 3 is 2.46 bits per heavy atom. The van der Waals surface area contributed by atoms with Crippen LogP contribution in [0.25, 0.3) is 16.8 Å². The topological polar surface area (TPSA) is 142 Å². The summed E-state index contributed by atoms with van der Waals surface area (Å²) < 4.78 is 1.95. The number of hydrogen-bond acceptors (Lipinski definition) is 8. The van der Waals surface area contributed by atoms with Crippen molar-refractivity contribution < 1.29 is 24.6 Å². The van der Waals surface area contributed by atoms with E-state index in [0.717, 1.165) is 89.3 Å². The summed E-state index contributed by atoms with van der Waals surface area (Å²) in [6.45, 7) is 9.55. The van der Waals surface area contributed by atoms with Crippen LogP contribution < -0.4 is 5.32 Å². The highest BCUT2D eigenvalue weighted by Gasteiger charge is 2.34. The second-order valence-electron chi connectivity index (χ2n) is 13.1. The number of benzene rings is 2. The van der Waals surface area contributed by atoms with Gasteiger partial charge >= 0.3 is 0 Å². The van der Waals surface area contributed by atoms with Crippen molar-refractivity contribution in [1.82, 2.24) is 25.0 Å². The standard InChI is InChI=1S/C33H40N6O3.C4H10O2/c1-5-11-30-29(33(41)38(25-12-7-6-8-13-25)20-31-35-23(3)36-39(30)31)19-24-16-17-26(22(2)18-24)27-14-9-10-15-28(27)32(34-21-40)37-42-4;1-4(2,6)3-5/h9-10,14-18,21,25H,5-8,11-13,19-20H2,1-4H3,(H,34,37,40);5-6H,3H2,1-2H3. The van der Waals surface area contributed by atoms with E-state index in [2.05, 4.69) is 47.4 Å². The molecule has 1 aliphatic heterocycles. The molecule has 0 unspecified atom stereocenters. The first-order valence-electron chi connectivity index (χ1n) is 16.8. The Bertz CT molecular complexity index is 1630. The van der Waals surface area contributed by atoms with E-state index in [1.165, 1.54) is 13.5 Å². The van der Waals surface area contributed by atoms with Crippen molar-refractivity contribution >= 4 is 23.8 Å².